The molecule has 1 aliphatic rings. The third-order valence-corrected chi connectivity index (χ3v) is 3.38. The van der Waals surface area contributed by atoms with Crippen LogP contribution in [0.4, 0.5) is 0 Å². The van der Waals surface area contributed by atoms with Crippen LogP contribution in [0, 0.1) is 0 Å². The van der Waals surface area contributed by atoms with Crippen LogP contribution in [0.1, 0.15) is 34.1 Å². The predicted molar refractivity (Wildman–Crippen MR) is 74.2 cm³/mol. The van der Waals surface area contributed by atoms with Crippen molar-refractivity contribution in [2.75, 3.05) is 13.7 Å². The number of hydrogen-bond acceptors (Lipinski definition) is 3. The molecule has 0 spiro atoms. The van der Waals surface area contributed by atoms with Gasteiger partial charge in [-0.15, -0.1) is 0 Å². The van der Waals surface area contributed by atoms with Gasteiger partial charge in [0, 0.05) is 12.1 Å². The zero-order valence-corrected chi connectivity index (χ0v) is 11.5. The van der Waals surface area contributed by atoms with Crippen LogP contribution < -0.4 is 4.74 Å². The van der Waals surface area contributed by atoms with E-state index in [9.17, 15) is 9.59 Å². The molecule has 0 bridgehead atoms. The van der Waals surface area contributed by atoms with Gasteiger partial charge in [-0.2, -0.15) is 0 Å². The van der Waals surface area contributed by atoms with E-state index in [0.717, 1.165) is 6.42 Å². The van der Waals surface area contributed by atoms with Crippen molar-refractivity contribution in [1.82, 2.24) is 4.90 Å². The second-order valence-electron chi connectivity index (χ2n) is 4.62. The fourth-order valence-corrected chi connectivity index (χ4v) is 2.29. The second-order valence-corrected chi connectivity index (χ2v) is 4.62. The Morgan fingerprint density at radius 2 is 2.05 bits per heavy atom. The van der Waals surface area contributed by atoms with E-state index in [1.54, 1.807) is 11.0 Å². The Labute approximate surface area is 117 Å². The minimum absolute atomic E-state index is 0.0490. The molecule has 0 aromatic heterocycles. The van der Waals surface area contributed by atoms with E-state index in [0.29, 0.717) is 17.9 Å². The molecule has 1 aromatic carbocycles. The average molecular weight is 275 g/mol. The number of rotatable bonds is 4. The molecular weight excluding hydrogens is 258 g/mol. The van der Waals surface area contributed by atoms with Crippen LogP contribution in [0.2, 0.25) is 0 Å². The maximum Gasteiger partial charge on any atom is 0.335 e. The van der Waals surface area contributed by atoms with Gasteiger partial charge >= 0.3 is 5.97 Å². The van der Waals surface area contributed by atoms with Gasteiger partial charge < -0.3 is 14.7 Å². The highest BCUT2D eigenvalue weighted by atomic mass is 16.5. The van der Waals surface area contributed by atoms with Crippen molar-refractivity contribution in [3.63, 3.8) is 0 Å². The maximum absolute atomic E-state index is 12.5. The van der Waals surface area contributed by atoms with E-state index in [-0.39, 0.29) is 17.5 Å². The number of carboxylic acid groups (broad SMARTS) is 1. The molecule has 1 amide bonds. The molecule has 0 aliphatic carbocycles. The molecule has 0 saturated heterocycles. The van der Waals surface area contributed by atoms with Crippen LogP contribution in [0.5, 0.6) is 5.75 Å². The monoisotopic (exact) mass is 275 g/mol. The molecule has 0 saturated carbocycles. The van der Waals surface area contributed by atoms with Gasteiger partial charge in [0.15, 0.2) is 0 Å². The van der Waals surface area contributed by atoms with Gasteiger partial charge in [0.2, 0.25) is 0 Å². The summed E-state index contributed by atoms with van der Waals surface area (Å²) < 4.78 is 5.06. The summed E-state index contributed by atoms with van der Waals surface area (Å²) in [5.74, 6) is -0.888. The van der Waals surface area contributed by atoms with E-state index in [2.05, 4.69) is 0 Å². The number of benzene rings is 1. The summed E-state index contributed by atoms with van der Waals surface area (Å²) in [6.45, 7) is 2.56. The highest BCUT2D eigenvalue weighted by Crippen LogP contribution is 2.22. The lowest BCUT2D eigenvalue weighted by atomic mass is 10.1. The van der Waals surface area contributed by atoms with Gasteiger partial charge in [0.05, 0.1) is 18.7 Å². The number of carbonyl (C=O) groups excluding carboxylic acids is 1. The summed E-state index contributed by atoms with van der Waals surface area (Å²) in [6, 6.07) is 4.43. The third kappa shape index (κ3) is 2.66. The lowest BCUT2D eigenvalue weighted by Gasteiger charge is -2.24. The van der Waals surface area contributed by atoms with Crippen molar-refractivity contribution >= 4 is 11.9 Å². The first-order valence-corrected chi connectivity index (χ1v) is 6.46. The summed E-state index contributed by atoms with van der Waals surface area (Å²) >= 11 is 0. The smallest absolute Gasteiger partial charge is 0.335 e. The first-order chi connectivity index (χ1) is 9.56. The molecule has 20 heavy (non-hydrogen) atoms. The standard InChI is InChI=1S/C15H17NO4/c1-3-12-5-4-6-16(12)14(17)10-7-11(15(18)19)9-13(8-10)20-2/h4-5,7-9,12H,3,6H2,1-2H3,(H,18,19)/t12-/m1/s1. The first-order valence-electron chi connectivity index (χ1n) is 6.46. The molecule has 1 heterocycles. The van der Waals surface area contributed by atoms with Gasteiger partial charge in [-0.05, 0) is 24.6 Å². The summed E-state index contributed by atoms with van der Waals surface area (Å²) in [5, 5.41) is 9.08. The highest BCUT2D eigenvalue weighted by Gasteiger charge is 2.25. The van der Waals surface area contributed by atoms with Gasteiger partial charge in [-0.25, -0.2) is 4.79 Å². The molecule has 106 valence electrons. The largest absolute Gasteiger partial charge is 0.497 e. The second kappa shape index (κ2) is 5.77. The molecule has 0 unspecified atom stereocenters. The van der Waals surface area contributed by atoms with Gasteiger partial charge in [-0.3, -0.25) is 4.79 Å². The normalized spacial score (nSPS) is 17.3. The molecule has 1 atom stereocenters. The molecule has 1 N–H and O–H groups in total. The van der Waals surface area contributed by atoms with Crippen molar-refractivity contribution in [2.45, 2.75) is 19.4 Å². The van der Waals surface area contributed by atoms with E-state index in [1.165, 1.54) is 19.2 Å². The Morgan fingerprint density at radius 3 is 2.65 bits per heavy atom. The number of hydrogen-bond donors (Lipinski definition) is 1. The summed E-state index contributed by atoms with van der Waals surface area (Å²) in [7, 11) is 1.45. The Balaban J connectivity index is 2.34. The maximum atomic E-state index is 12.5. The molecule has 1 aromatic rings. The summed E-state index contributed by atoms with van der Waals surface area (Å²) in [6.07, 6.45) is 4.78. The third-order valence-electron chi connectivity index (χ3n) is 3.38. The minimum Gasteiger partial charge on any atom is -0.497 e. The van der Waals surface area contributed by atoms with Crippen LogP contribution >= 0.6 is 0 Å². The van der Waals surface area contributed by atoms with E-state index in [1.807, 2.05) is 19.1 Å². The molecule has 0 radical (unpaired) electrons. The van der Waals surface area contributed by atoms with Crippen LogP contribution in [0.15, 0.2) is 30.4 Å². The SMILES string of the molecule is CC[C@@H]1C=CCN1C(=O)c1cc(OC)cc(C(=O)O)c1. The topological polar surface area (TPSA) is 66.8 Å². The number of methoxy groups -OCH3 is 1. The summed E-state index contributed by atoms with van der Waals surface area (Å²) in [5.41, 5.74) is 0.386. The highest BCUT2D eigenvalue weighted by molar-refractivity contribution is 5.98. The number of carbonyl (C=O) groups is 2. The minimum atomic E-state index is -1.08. The van der Waals surface area contributed by atoms with E-state index in [4.69, 9.17) is 9.84 Å². The first kappa shape index (κ1) is 14.1. The Hall–Kier alpha value is -2.30. The average Bonchev–Trinajstić information content (AvgIpc) is 2.94. The van der Waals surface area contributed by atoms with Gasteiger partial charge in [0.1, 0.15) is 5.75 Å². The number of amides is 1. The molecule has 1 aliphatic heterocycles. The van der Waals surface area contributed by atoms with Gasteiger partial charge in [-0.1, -0.05) is 19.1 Å². The van der Waals surface area contributed by atoms with Crippen LogP contribution in [0.3, 0.4) is 0 Å². The van der Waals surface area contributed by atoms with Crippen molar-refractivity contribution in [2.24, 2.45) is 0 Å². The van der Waals surface area contributed by atoms with Crippen molar-refractivity contribution in [3.8, 4) is 5.75 Å². The zero-order valence-electron chi connectivity index (χ0n) is 11.5. The Bertz CT molecular complexity index is 565. The zero-order chi connectivity index (χ0) is 14.7. The predicted octanol–water partition coefficient (Wildman–Crippen LogP) is 2.18. The Morgan fingerprint density at radius 1 is 1.35 bits per heavy atom. The fraction of sp³-hybridized carbons (Fsp3) is 0.333. The lowest BCUT2D eigenvalue weighted by molar-refractivity contribution is 0.0696. The lowest BCUT2D eigenvalue weighted by Crippen LogP contribution is -2.35. The van der Waals surface area contributed by atoms with Crippen LogP contribution in [-0.2, 0) is 0 Å². The number of ether oxygens (including phenoxy) is 1. The number of carboxylic acids is 1. The molecule has 2 rings (SSSR count). The molecule has 0 fully saturated rings. The molecular formula is C15H17NO4. The fourth-order valence-electron chi connectivity index (χ4n) is 2.29. The summed E-state index contributed by atoms with van der Waals surface area (Å²) in [4.78, 5) is 25.3. The molecule has 5 nitrogen and oxygen atoms in total. The van der Waals surface area contributed by atoms with Crippen LogP contribution in [-0.4, -0.2) is 41.6 Å². The Kier molecular flexibility index (Phi) is 4.08. The number of nitrogens with zero attached hydrogens (tertiary/aromatic N) is 1. The van der Waals surface area contributed by atoms with Crippen molar-refractivity contribution in [1.29, 1.82) is 0 Å². The quantitative estimate of drug-likeness (QED) is 0.855. The van der Waals surface area contributed by atoms with Crippen molar-refractivity contribution in [3.05, 3.63) is 41.5 Å². The van der Waals surface area contributed by atoms with E-state index < -0.39 is 5.97 Å². The number of aromatic carboxylic acids is 1. The van der Waals surface area contributed by atoms with E-state index >= 15 is 0 Å². The molecule has 5 heteroatoms. The van der Waals surface area contributed by atoms with Crippen molar-refractivity contribution < 1.29 is 19.4 Å². The van der Waals surface area contributed by atoms with Crippen LogP contribution in [0.25, 0.3) is 0 Å². The van der Waals surface area contributed by atoms with Gasteiger partial charge in [0.25, 0.3) is 5.91 Å².